The standard InChI is InChI=1S/C18H22ClNO/c1-2-18(15-8-10-16(19)11-9-15)20-17(13-21)12-14-6-4-3-5-7-14/h3-11,17-18,20-21H,2,12-13H2,1H3/t17-,18?/m0/s1. The second-order valence-electron chi connectivity index (χ2n) is 5.25. The summed E-state index contributed by atoms with van der Waals surface area (Å²) in [6.45, 7) is 2.27. The Hall–Kier alpha value is -1.35. The molecular weight excluding hydrogens is 282 g/mol. The Kier molecular flexibility index (Phi) is 6.24. The number of aliphatic hydroxyl groups excluding tert-OH is 1. The molecule has 2 rings (SSSR count). The molecule has 0 saturated heterocycles. The van der Waals surface area contributed by atoms with Crippen molar-refractivity contribution < 1.29 is 5.11 Å². The first-order valence-electron chi connectivity index (χ1n) is 7.39. The van der Waals surface area contributed by atoms with Crippen LogP contribution in [0, 0.1) is 0 Å². The van der Waals surface area contributed by atoms with Crippen molar-refractivity contribution in [2.75, 3.05) is 6.61 Å². The fraction of sp³-hybridized carbons (Fsp3) is 0.333. The summed E-state index contributed by atoms with van der Waals surface area (Å²) in [4.78, 5) is 0. The fourth-order valence-corrected chi connectivity index (χ4v) is 2.63. The summed E-state index contributed by atoms with van der Waals surface area (Å²) in [5, 5.41) is 13.9. The predicted molar refractivity (Wildman–Crippen MR) is 88.6 cm³/mol. The van der Waals surface area contributed by atoms with Gasteiger partial charge in [0.05, 0.1) is 6.61 Å². The molecule has 0 heterocycles. The van der Waals surface area contributed by atoms with E-state index in [0.29, 0.717) is 0 Å². The molecule has 0 saturated carbocycles. The van der Waals surface area contributed by atoms with Crippen molar-refractivity contribution in [3.8, 4) is 0 Å². The summed E-state index contributed by atoms with van der Waals surface area (Å²) in [6.07, 6.45) is 1.79. The Bertz CT molecular complexity index is 527. The van der Waals surface area contributed by atoms with Crippen LogP contribution in [-0.2, 0) is 6.42 Å². The first-order chi connectivity index (χ1) is 10.2. The Morgan fingerprint density at radius 2 is 1.71 bits per heavy atom. The van der Waals surface area contributed by atoms with Gasteiger partial charge in [-0.3, -0.25) is 0 Å². The lowest BCUT2D eigenvalue weighted by molar-refractivity contribution is 0.229. The summed E-state index contributed by atoms with van der Waals surface area (Å²) in [5.74, 6) is 0. The number of halogens is 1. The van der Waals surface area contributed by atoms with Gasteiger partial charge >= 0.3 is 0 Å². The van der Waals surface area contributed by atoms with Crippen LogP contribution in [-0.4, -0.2) is 17.8 Å². The lowest BCUT2D eigenvalue weighted by Crippen LogP contribution is -2.37. The van der Waals surface area contributed by atoms with Crippen molar-refractivity contribution in [3.05, 3.63) is 70.7 Å². The van der Waals surface area contributed by atoms with Crippen LogP contribution < -0.4 is 5.32 Å². The lowest BCUT2D eigenvalue weighted by Gasteiger charge is -2.24. The zero-order chi connectivity index (χ0) is 15.1. The molecule has 0 aliphatic rings. The highest BCUT2D eigenvalue weighted by Crippen LogP contribution is 2.20. The normalized spacial score (nSPS) is 13.9. The van der Waals surface area contributed by atoms with E-state index in [4.69, 9.17) is 11.6 Å². The van der Waals surface area contributed by atoms with Gasteiger partial charge in [-0.25, -0.2) is 0 Å². The van der Waals surface area contributed by atoms with E-state index in [1.807, 2.05) is 42.5 Å². The van der Waals surface area contributed by atoms with Gasteiger partial charge in [-0.2, -0.15) is 0 Å². The van der Waals surface area contributed by atoms with E-state index in [9.17, 15) is 5.11 Å². The molecule has 112 valence electrons. The van der Waals surface area contributed by atoms with Gasteiger partial charge in [0.15, 0.2) is 0 Å². The van der Waals surface area contributed by atoms with Gasteiger partial charge < -0.3 is 10.4 Å². The van der Waals surface area contributed by atoms with Crippen molar-refractivity contribution in [2.45, 2.75) is 31.8 Å². The third kappa shape index (κ3) is 4.85. The maximum Gasteiger partial charge on any atom is 0.0588 e. The Morgan fingerprint density at radius 1 is 1.05 bits per heavy atom. The van der Waals surface area contributed by atoms with Crippen LogP contribution in [0.15, 0.2) is 54.6 Å². The zero-order valence-electron chi connectivity index (χ0n) is 12.3. The summed E-state index contributed by atoms with van der Waals surface area (Å²) in [5.41, 5.74) is 2.43. The van der Waals surface area contributed by atoms with E-state index in [1.165, 1.54) is 11.1 Å². The first-order valence-corrected chi connectivity index (χ1v) is 7.77. The number of nitrogens with one attached hydrogen (secondary N) is 1. The third-order valence-corrected chi connectivity index (χ3v) is 3.91. The number of hydrogen-bond acceptors (Lipinski definition) is 2. The van der Waals surface area contributed by atoms with E-state index in [2.05, 4.69) is 24.4 Å². The Balaban J connectivity index is 2.03. The Labute approximate surface area is 131 Å². The highest BCUT2D eigenvalue weighted by Gasteiger charge is 2.15. The largest absolute Gasteiger partial charge is 0.395 e. The van der Waals surface area contributed by atoms with Crippen LogP contribution in [0.3, 0.4) is 0 Å². The van der Waals surface area contributed by atoms with Crippen molar-refractivity contribution in [2.24, 2.45) is 0 Å². The SMILES string of the molecule is CCC(N[C@H](CO)Cc1ccccc1)c1ccc(Cl)cc1. The molecule has 2 N–H and O–H groups in total. The van der Waals surface area contributed by atoms with Gasteiger partial charge in [-0.1, -0.05) is 61.0 Å². The molecule has 0 radical (unpaired) electrons. The number of hydrogen-bond donors (Lipinski definition) is 2. The summed E-state index contributed by atoms with van der Waals surface area (Å²) in [6, 6.07) is 18.4. The molecule has 0 bridgehead atoms. The molecule has 0 fully saturated rings. The van der Waals surface area contributed by atoms with E-state index in [0.717, 1.165) is 17.9 Å². The zero-order valence-corrected chi connectivity index (χ0v) is 13.1. The number of benzene rings is 2. The van der Waals surface area contributed by atoms with E-state index in [-0.39, 0.29) is 18.7 Å². The lowest BCUT2D eigenvalue weighted by atomic mass is 10.0. The quantitative estimate of drug-likeness (QED) is 0.811. The molecular formula is C18H22ClNO. The van der Waals surface area contributed by atoms with Crippen molar-refractivity contribution in [1.29, 1.82) is 0 Å². The van der Waals surface area contributed by atoms with Crippen LogP contribution in [0.1, 0.15) is 30.5 Å². The molecule has 2 atom stereocenters. The average Bonchev–Trinajstić information content (AvgIpc) is 2.53. The molecule has 0 aliphatic heterocycles. The van der Waals surface area contributed by atoms with Gasteiger partial charge in [0, 0.05) is 17.1 Å². The van der Waals surface area contributed by atoms with Crippen LogP contribution in [0.25, 0.3) is 0 Å². The fourth-order valence-electron chi connectivity index (χ4n) is 2.50. The van der Waals surface area contributed by atoms with Crippen LogP contribution in [0.5, 0.6) is 0 Å². The van der Waals surface area contributed by atoms with Crippen LogP contribution >= 0.6 is 11.6 Å². The van der Waals surface area contributed by atoms with E-state index < -0.39 is 0 Å². The summed E-state index contributed by atoms with van der Waals surface area (Å²) in [7, 11) is 0. The third-order valence-electron chi connectivity index (χ3n) is 3.66. The average molecular weight is 304 g/mol. The van der Waals surface area contributed by atoms with E-state index >= 15 is 0 Å². The topological polar surface area (TPSA) is 32.3 Å². The smallest absolute Gasteiger partial charge is 0.0588 e. The first kappa shape index (κ1) is 16.0. The molecule has 0 aromatic heterocycles. The molecule has 21 heavy (non-hydrogen) atoms. The minimum absolute atomic E-state index is 0.0491. The molecule has 3 heteroatoms. The molecule has 0 spiro atoms. The molecule has 0 amide bonds. The maximum absolute atomic E-state index is 9.64. The molecule has 0 aliphatic carbocycles. The molecule has 2 nitrogen and oxygen atoms in total. The minimum Gasteiger partial charge on any atom is -0.395 e. The number of aliphatic hydroxyl groups is 1. The van der Waals surface area contributed by atoms with Crippen LogP contribution in [0.4, 0.5) is 0 Å². The van der Waals surface area contributed by atoms with Gasteiger partial charge in [0.2, 0.25) is 0 Å². The molecule has 2 aromatic carbocycles. The van der Waals surface area contributed by atoms with Crippen molar-refractivity contribution in [1.82, 2.24) is 5.32 Å². The van der Waals surface area contributed by atoms with Crippen molar-refractivity contribution in [3.63, 3.8) is 0 Å². The summed E-state index contributed by atoms with van der Waals surface area (Å²) >= 11 is 5.94. The molecule has 1 unspecified atom stereocenters. The predicted octanol–water partition coefficient (Wildman–Crippen LogP) is 3.98. The van der Waals surface area contributed by atoms with Crippen molar-refractivity contribution >= 4 is 11.6 Å². The highest BCUT2D eigenvalue weighted by atomic mass is 35.5. The monoisotopic (exact) mass is 303 g/mol. The van der Waals surface area contributed by atoms with Gasteiger partial charge in [-0.15, -0.1) is 0 Å². The second-order valence-corrected chi connectivity index (χ2v) is 5.68. The maximum atomic E-state index is 9.64. The van der Waals surface area contributed by atoms with Crippen LogP contribution in [0.2, 0.25) is 5.02 Å². The molecule has 2 aromatic rings. The Morgan fingerprint density at radius 3 is 2.29 bits per heavy atom. The highest BCUT2D eigenvalue weighted by molar-refractivity contribution is 6.30. The van der Waals surface area contributed by atoms with Gasteiger partial charge in [0.25, 0.3) is 0 Å². The van der Waals surface area contributed by atoms with E-state index in [1.54, 1.807) is 0 Å². The van der Waals surface area contributed by atoms with Gasteiger partial charge in [-0.05, 0) is 36.1 Å². The number of rotatable bonds is 7. The second kappa shape index (κ2) is 8.18. The minimum atomic E-state index is 0.0491. The summed E-state index contributed by atoms with van der Waals surface area (Å²) < 4.78 is 0. The van der Waals surface area contributed by atoms with Gasteiger partial charge in [0.1, 0.15) is 0 Å².